The Balaban J connectivity index is 0.000000187. The zero-order chi connectivity index (χ0) is 8.74. The number of hydrogen-bond acceptors (Lipinski definition) is 0. The van der Waals surface area contributed by atoms with Gasteiger partial charge in [-0.1, -0.05) is 38.5 Å². The minimum atomic E-state index is -3.28. The van der Waals surface area contributed by atoms with Gasteiger partial charge in [0.05, 0.1) is 0 Å². The van der Waals surface area contributed by atoms with E-state index in [1.165, 1.54) is 38.5 Å². The summed E-state index contributed by atoms with van der Waals surface area (Å²) in [6.07, 6.45) is 9.00. The first kappa shape index (κ1) is 12.8. The SMILES string of the molecule is C1CCCCC1.[Cl][W]([Cl])([Cl])[Cl]. The van der Waals surface area contributed by atoms with Gasteiger partial charge in [0.15, 0.2) is 0 Å². The van der Waals surface area contributed by atoms with Gasteiger partial charge in [-0.05, 0) is 0 Å². The van der Waals surface area contributed by atoms with Crippen molar-refractivity contribution < 1.29 is 11.9 Å². The van der Waals surface area contributed by atoms with Crippen LogP contribution in [0.2, 0.25) is 0 Å². The zero-order valence-corrected chi connectivity index (χ0v) is 12.1. The van der Waals surface area contributed by atoms with Crippen LogP contribution in [0.3, 0.4) is 0 Å². The van der Waals surface area contributed by atoms with Crippen molar-refractivity contribution in [1.82, 2.24) is 0 Å². The second kappa shape index (κ2) is 7.27. The Bertz CT molecular complexity index is 69.6. The fraction of sp³-hybridized carbons (Fsp3) is 1.00. The molecule has 11 heavy (non-hydrogen) atoms. The molecule has 0 atom stereocenters. The van der Waals surface area contributed by atoms with Gasteiger partial charge < -0.3 is 0 Å². The van der Waals surface area contributed by atoms with Gasteiger partial charge in [-0.15, -0.1) is 0 Å². The molecule has 0 aromatic heterocycles. The molecule has 0 saturated heterocycles. The van der Waals surface area contributed by atoms with Crippen LogP contribution in [-0.4, -0.2) is 0 Å². The van der Waals surface area contributed by atoms with Gasteiger partial charge in [0.1, 0.15) is 0 Å². The summed E-state index contributed by atoms with van der Waals surface area (Å²) in [4.78, 5) is 0. The molecule has 1 aliphatic rings. The van der Waals surface area contributed by atoms with Crippen LogP contribution in [0.15, 0.2) is 0 Å². The third kappa shape index (κ3) is 18.7. The van der Waals surface area contributed by atoms with Crippen molar-refractivity contribution in [2.24, 2.45) is 0 Å². The summed E-state index contributed by atoms with van der Waals surface area (Å²) < 4.78 is 0. The van der Waals surface area contributed by atoms with E-state index in [9.17, 15) is 0 Å². The normalized spacial score (nSPS) is 20.0. The molecule has 0 nitrogen and oxygen atoms in total. The van der Waals surface area contributed by atoms with E-state index in [1.807, 2.05) is 0 Å². The molecule has 0 spiro atoms. The van der Waals surface area contributed by atoms with Gasteiger partial charge in [0.25, 0.3) is 0 Å². The van der Waals surface area contributed by atoms with Gasteiger partial charge in [0, 0.05) is 0 Å². The van der Waals surface area contributed by atoms with Crippen molar-refractivity contribution in [3.8, 4) is 0 Å². The summed E-state index contributed by atoms with van der Waals surface area (Å²) >= 11 is -3.28. The fourth-order valence-corrected chi connectivity index (χ4v) is 1.06. The summed E-state index contributed by atoms with van der Waals surface area (Å²) in [5, 5.41) is 0. The van der Waals surface area contributed by atoms with E-state index in [0.29, 0.717) is 0 Å². The monoisotopic (exact) mass is 408 g/mol. The molecule has 1 rings (SSSR count). The Hall–Kier alpha value is 1.85. The van der Waals surface area contributed by atoms with Gasteiger partial charge >= 0.3 is 49.6 Å². The van der Waals surface area contributed by atoms with Crippen LogP contribution in [0.4, 0.5) is 0 Å². The molecule has 1 fully saturated rings. The molecule has 1 saturated carbocycles. The van der Waals surface area contributed by atoms with Gasteiger partial charge in [-0.25, -0.2) is 0 Å². The van der Waals surface area contributed by atoms with Crippen molar-refractivity contribution in [2.75, 3.05) is 0 Å². The van der Waals surface area contributed by atoms with E-state index < -0.39 is 11.9 Å². The Morgan fingerprint density at radius 1 is 0.545 bits per heavy atom. The molecule has 0 aliphatic heterocycles. The van der Waals surface area contributed by atoms with E-state index >= 15 is 0 Å². The maximum atomic E-state index is 5.03. The third-order valence-corrected chi connectivity index (χ3v) is 1.50. The average molecular weight is 410 g/mol. The predicted octanol–water partition coefficient (Wildman–Crippen LogP) is 5.10. The van der Waals surface area contributed by atoms with Gasteiger partial charge in [-0.2, -0.15) is 0 Å². The van der Waals surface area contributed by atoms with Crippen LogP contribution >= 0.6 is 37.7 Å². The molecular weight excluding hydrogens is 398 g/mol. The van der Waals surface area contributed by atoms with Crippen molar-refractivity contribution in [3.63, 3.8) is 0 Å². The fourth-order valence-electron chi connectivity index (χ4n) is 1.06. The van der Waals surface area contributed by atoms with Crippen LogP contribution in [0, 0.1) is 0 Å². The Labute approximate surface area is 87.4 Å². The molecule has 0 unspecified atom stereocenters. The van der Waals surface area contributed by atoms with Crippen LogP contribution < -0.4 is 0 Å². The first-order valence-corrected chi connectivity index (χ1v) is 18.2. The minimum absolute atomic E-state index is 1.50. The van der Waals surface area contributed by atoms with E-state index in [0.717, 1.165) is 0 Å². The Kier molecular flexibility index (Phi) is 8.49. The average Bonchev–Trinajstić information content (AvgIpc) is 1.88. The molecule has 70 valence electrons. The topological polar surface area (TPSA) is 0 Å². The summed E-state index contributed by atoms with van der Waals surface area (Å²) in [6, 6.07) is 0. The van der Waals surface area contributed by atoms with Gasteiger partial charge in [0.2, 0.25) is 0 Å². The summed E-state index contributed by atoms with van der Waals surface area (Å²) in [5.41, 5.74) is 0. The summed E-state index contributed by atoms with van der Waals surface area (Å²) in [5.74, 6) is 0. The number of rotatable bonds is 0. The van der Waals surface area contributed by atoms with Crippen molar-refractivity contribution in [3.05, 3.63) is 0 Å². The van der Waals surface area contributed by atoms with Crippen LogP contribution in [0.25, 0.3) is 0 Å². The first-order valence-electron chi connectivity index (χ1n) is 3.62. The summed E-state index contributed by atoms with van der Waals surface area (Å²) in [6.45, 7) is 0. The van der Waals surface area contributed by atoms with Crippen molar-refractivity contribution in [1.29, 1.82) is 0 Å². The standard InChI is InChI=1S/C6H12.4ClH.W/c1-2-4-6-5-3-1;;;;;/h1-6H2;4*1H;/q;;;;;+4/p-4. The number of halogens is 4. The first-order chi connectivity index (χ1) is 5.00. The molecule has 0 aromatic rings. The molecule has 0 aromatic carbocycles. The second-order valence-electron chi connectivity index (χ2n) is 2.47. The van der Waals surface area contributed by atoms with Gasteiger partial charge in [-0.3, -0.25) is 0 Å². The molecule has 0 N–H and O–H groups in total. The summed E-state index contributed by atoms with van der Waals surface area (Å²) in [7, 11) is 20.1. The van der Waals surface area contributed by atoms with Crippen molar-refractivity contribution >= 4 is 37.7 Å². The van der Waals surface area contributed by atoms with E-state index in [2.05, 4.69) is 0 Å². The van der Waals surface area contributed by atoms with Crippen LogP contribution in [-0.2, 0) is 11.9 Å². The van der Waals surface area contributed by atoms with E-state index in [1.54, 1.807) is 0 Å². The quantitative estimate of drug-likeness (QED) is 0.522. The molecule has 0 heterocycles. The van der Waals surface area contributed by atoms with E-state index in [4.69, 9.17) is 37.7 Å². The third-order valence-electron chi connectivity index (χ3n) is 1.50. The maximum absolute atomic E-state index is 5.03. The number of hydrogen-bond donors (Lipinski definition) is 0. The molecule has 0 bridgehead atoms. The molecule has 0 radical (unpaired) electrons. The predicted molar refractivity (Wildman–Crippen MR) is 51.1 cm³/mol. The molecular formula is C6H12Cl4W. The van der Waals surface area contributed by atoms with E-state index in [-0.39, 0.29) is 0 Å². The molecule has 5 heteroatoms. The second-order valence-corrected chi connectivity index (χ2v) is 27.9. The Morgan fingerprint density at radius 2 is 0.636 bits per heavy atom. The van der Waals surface area contributed by atoms with Crippen molar-refractivity contribution in [2.45, 2.75) is 38.5 Å². The Morgan fingerprint density at radius 3 is 0.727 bits per heavy atom. The van der Waals surface area contributed by atoms with Crippen LogP contribution in [0.1, 0.15) is 38.5 Å². The molecule has 0 amide bonds. The zero-order valence-electron chi connectivity index (χ0n) is 6.16. The van der Waals surface area contributed by atoms with Crippen LogP contribution in [0.5, 0.6) is 0 Å². The molecule has 1 aliphatic carbocycles.